The molecule has 0 spiro atoms. The normalized spacial score (nSPS) is 12.3. The molecule has 2 aromatic rings. The summed E-state index contributed by atoms with van der Waals surface area (Å²) in [5.74, 6) is -0.145. The quantitative estimate of drug-likeness (QED) is 0.118. The molecule has 0 saturated heterocycles. The second kappa shape index (κ2) is 20.5. The molecule has 0 saturated carbocycles. The van der Waals surface area contributed by atoms with Crippen molar-refractivity contribution in [3.8, 4) is 0 Å². The number of nitrogens with one attached hydrogen (secondary N) is 4. The minimum Gasteiger partial charge on any atom is -0.354 e. The van der Waals surface area contributed by atoms with E-state index in [0.717, 1.165) is 78.6 Å². The van der Waals surface area contributed by atoms with Crippen molar-refractivity contribution in [2.24, 2.45) is 0 Å². The summed E-state index contributed by atoms with van der Waals surface area (Å²) in [6.07, 6.45) is 8.00. The lowest BCUT2D eigenvalue weighted by molar-refractivity contribution is -0.123. The van der Waals surface area contributed by atoms with Crippen LogP contribution in [0.1, 0.15) is 140 Å². The molecule has 4 N–H and O–H groups in total. The summed E-state index contributed by atoms with van der Waals surface area (Å²) < 4.78 is 0. The molecule has 2 rings (SSSR count). The van der Waals surface area contributed by atoms with Crippen LogP contribution in [0.3, 0.4) is 0 Å². The molecule has 0 fully saturated rings. The van der Waals surface area contributed by atoms with Gasteiger partial charge in [-0.2, -0.15) is 0 Å². The smallest absolute Gasteiger partial charge is 0.224 e. The van der Waals surface area contributed by atoms with Gasteiger partial charge in [0.15, 0.2) is 0 Å². The van der Waals surface area contributed by atoms with Crippen LogP contribution in [0.2, 0.25) is 0 Å². The second-order valence-corrected chi connectivity index (χ2v) is 12.7. The molecule has 0 radical (unpaired) electrons. The van der Waals surface area contributed by atoms with Crippen molar-refractivity contribution in [2.75, 3.05) is 10.6 Å². The Morgan fingerprint density at radius 1 is 0.511 bits per heavy atom. The third-order valence-electron chi connectivity index (χ3n) is 8.84. The van der Waals surface area contributed by atoms with Gasteiger partial charge in [-0.25, -0.2) is 0 Å². The molecule has 0 aliphatic rings. The van der Waals surface area contributed by atoms with Crippen LogP contribution >= 0.6 is 0 Å². The van der Waals surface area contributed by atoms with E-state index < -0.39 is 0 Å². The number of anilines is 2. The molecule has 2 aromatic carbocycles. The standard InChI is InChI=1S/C39H60N4O4/c1-9-26(7)40-34(44)17-15-19-36(46)42-38-30(11-3)22-28(23-31(38)12-4)21-29-24-32(13-5)39(33(14-6)25-29)43-37(47)20-16-18-35(45)41-27(8)10-2/h22-27H,9-21H2,1-8H3,(H,40,44)(H,41,45)(H,42,46)(H,43,47). The van der Waals surface area contributed by atoms with E-state index in [9.17, 15) is 19.2 Å². The zero-order valence-electron chi connectivity index (χ0n) is 30.3. The van der Waals surface area contributed by atoms with Crippen molar-refractivity contribution in [3.63, 3.8) is 0 Å². The highest BCUT2D eigenvalue weighted by Crippen LogP contribution is 2.30. The Hall–Kier alpha value is -3.68. The van der Waals surface area contributed by atoms with Crippen LogP contribution in [0.5, 0.6) is 0 Å². The first-order chi connectivity index (χ1) is 22.5. The molecule has 0 aromatic heterocycles. The summed E-state index contributed by atoms with van der Waals surface area (Å²) in [5.41, 5.74) is 8.60. The highest BCUT2D eigenvalue weighted by atomic mass is 16.2. The third-order valence-corrected chi connectivity index (χ3v) is 8.84. The van der Waals surface area contributed by atoms with E-state index >= 15 is 0 Å². The van der Waals surface area contributed by atoms with Gasteiger partial charge in [0.1, 0.15) is 0 Å². The van der Waals surface area contributed by atoms with Gasteiger partial charge in [0, 0.05) is 49.1 Å². The van der Waals surface area contributed by atoms with Gasteiger partial charge < -0.3 is 21.3 Å². The van der Waals surface area contributed by atoms with E-state index in [1.54, 1.807) is 0 Å². The molecule has 47 heavy (non-hydrogen) atoms. The number of rotatable bonds is 20. The van der Waals surface area contributed by atoms with E-state index in [2.05, 4.69) is 73.2 Å². The first-order valence-corrected chi connectivity index (χ1v) is 18.0. The number of carbonyl (C=O) groups is 4. The number of carbonyl (C=O) groups excluding carboxylic acids is 4. The summed E-state index contributed by atoms with van der Waals surface area (Å²) in [6, 6.07) is 9.06. The van der Waals surface area contributed by atoms with Gasteiger partial charge in [0.25, 0.3) is 0 Å². The molecule has 2 atom stereocenters. The van der Waals surface area contributed by atoms with E-state index in [1.807, 2.05) is 27.7 Å². The number of amides is 4. The molecular weight excluding hydrogens is 588 g/mol. The summed E-state index contributed by atoms with van der Waals surface area (Å²) in [4.78, 5) is 50.0. The van der Waals surface area contributed by atoms with Gasteiger partial charge in [-0.3, -0.25) is 19.2 Å². The fourth-order valence-corrected chi connectivity index (χ4v) is 5.68. The maximum Gasteiger partial charge on any atom is 0.224 e. The zero-order valence-corrected chi connectivity index (χ0v) is 30.3. The van der Waals surface area contributed by atoms with E-state index in [0.29, 0.717) is 38.5 Å². The predicted octanol–water partition coefficient (Wildman–Crippen LogP) is 7.57. The van der Waals surface area contributed by atoms with Crippen LogP contribution in [0, 0.1) is 0 Å². The highest BCUT2D eigenvalue weighted by molar-refractivity contribution is 5.93. The van der Waals surface area contributed by atoms with Gasteiger partial charge in [0.05, 0.1) is 0 Å². The van der Waals surface area contributed by atoms with Crippen molar-refractivity contribution in [1.82, 2.24) is 10.6 Å². The van der Waals surface area contributed by atoms with E-state index in [1.165, 1.54) is 11.1 Å². The lowest BCUT2D eigenvalue weighted by Gasteiger charge is -2.19. The Balaban J connectivity index is 2.14. The van der Waals surface area contributed by atoms with Crippen molar-refractivity contribution in [1.29, 1.82) is 0 Å². The largest absolute Gasteiger partial charge is 0.354 e. The van der Waals surface area contributed by atoms with E-state index in [-0.39, 0.29) is 35.7 Å². The average molecular weight is 649 g/mol. The van der Waals surface area contributed by atoms with Gasteiger partial charge in [0.2, 0.25) is 23.6 Å². The molecule has 0 heterocycles. The SMILES string of the molecule is CCc1cc(Cc2cc(CC)c(NC(=O)CCCC(=O)NC(C)CC)c(CC)c2)cc(CC)c1NC(=O)CCCC(=O)NC(C)CC. The predicted molar refractivity (Wildman–Crippen MR) is 194 cm³/mol. The Labute approximate surface area is 283 Å². The Bertz CT molecular complexity index is 1200. The Morgan fingerprint density at radius 3 is 1.09 bits per heavy atom. The number of aryl methyl sites for hydroxylation is 4. The van der Waals surface area contributed by atoms with Crippen molar-refractivity contribution >= 4 is 35.0 Å². The van der Waals surface area contributed by atoms with E-state index in [4.69, 9.17) is 0 Å². The first-order valence-electron chi connectivity index (χ1n) is 18.0. The van der Waals surface area contributed by atoms with Gasteiger partial charge in [-0.15, -0.1) is 0 Å². The van der Waals surface area contributed by atoms with Crippen molar-refractivity contribution < 1.29 is 19.2 Å². The number of hydrogen-bond acceptors (Lipinski definition) is 4. The summed E-state index contributed by atoms with van der Waals surface area (Å²) in [5, 5.41) is 12.2. The number of hydrogen-bond donors (Lipinski definition) is 4. The lowest BCUT2D eigenvalue weighted by Crippen LogP contribution is -2.31. The summed E-state index contributed by atoms with van der Waals surface area (Å²) >= 11 is 0. The van der Waals surface area contributed by atoms with Crippen LogP contribution in [0.15, 0.2) is 24.3 Å². The molecule has 260 valence electrons. The molecule has 8 nitrogen and oxygen atoms in total. The second-order valence-electron chi connectivity index (χ2n) is 12.7. The Kier molecular flexibility index (Phi) is 17.3. The zero-order chi connectivity index (χ0) is 34.9. The summed E-state index contributed by atoms with van der Waals surface area (Å²) in [7, 11) is 0. The maximum absolute atomic E-state index is 12.9. The molecule has 0 aliphatic heterocycles. The van der Waals surface area contributed by atoms with Crippen molar-refractivity contribution in [2.45, 2.75) is 151 Å². The summed E-state index contributed by atoms with van der Waals surface area (Å²) in [6.45, 7) is 16.4. The fraction of sp³-hybridized carbons (Fsp3) is 0.590. The maximum atomic E-state index is 12.9. The Morgan fingerprint density at radius 2 is 0.809 bits per heavy atom. The molecule has 0 bridgehead atoms. The minimum atomic E-state index is -0.0642. The van der Waals surface area contributed by atoms with Crippen LogP contribution in [0.25, 0.3) is 0 Å². The molecule has 8 heteroatoms. The van der Waals surface area contributed by atoms with Gasteiger partial charge in [-0.05, 0) is 105 Å². The highest BCUT2D eigenvalue weighted by Gasteiger charge is 2.17. The van der Waals surface area contributed by atoms with Gasteiger partial charge >= 0.3 is 0 Å². The number of benzene rings is 2. The van der Waals surface area contributed by atoms with Crippen LogP contribution in [-0.4, -0.2) is 35.7 Å². The molecule has 4 amide bonds. The monoisotopic (exact) mass is 648 g/mol. The van der Waals surface area contributed by atoms with Crippen LogP contribution in [-0.2, 0) is 51.3 Å². The first kappa shape index (κ1) is 39.5. The fourth-order valence-electron chi connectivity index (χ4n) is 5.68. The molecule has 2 unspecified atom stereocenters. The van der Waals surface area contributed by atoms with Crippen LogP contribution in [0.4, 0.5) is 11.4 Å². The van der Waals surface area contributed by atoms with Gasteiger partial charge in [-0.1, -0.05) is 65.8 Å². The van der Waals surface area contributed by atoms with Crippen LogP contribution < -0.4 is 21.3 Å². The molecular formula is C39H60N4O4. The average Bonchev–Trinajstić information content (AvgIpc) is 3.05. The molecule has 0 aliphatic carbocycles. The van der Waals surface area contributed by atoms with Crippen molar-refractivity contribution in [3.05, 3.63) is 57.6 Å². The third kappa shape index (κ3) is 13.2. The lowest BCUT2D eigenvalue weighted by atomic mass is 9.92. The minimum absolute atomic E-state index is 0.00814. The topological polar surface area (TPSA) is 116 Å².